The Morgan fingerprint density at radius 2 is 1.68 bits per heavy atom. The van der Waals surface area contributed by atoms with Crippen LogP contribution in [-0.4, -0.2) is 47.7 Å². The van der Waals surface area contributed by atoms with E-state index in [4.69, 9.17) is 15.2 Å². The highest BCUT2D eigenvalue weighted by atomic mass is 35.5. The van der Waals surface area contributed by atoms with Crippen molar-refractivity contribution in [3.63, 3.8) is 0 Å². The number of nitrogens with two attached hydrogens (primary N) is 1. The number of sulfonamides is 1. The van der Waals surface area contributed by atoms with Gasteiger partial charge in [0.05, 0.1) is 11.5 Å². The van der Waals surface area contributed by atoms with Gasteiger partial charge in [0.2, 0.25) is 10.0 Å². The van der Waals surface area contributed by atoms with Crippen LogP contribution in [-0.2, 0) is 14.8 Å². The van der Waals surface area contributed by atoms with Gasteiger partial charge in [0.25, 0.3) is 5.91 Å². The van der Waals surface area contributed by atoms with Crippen molar-refractivity contribution in [3.8, 4) is 5.75 Å². The number of hydrogen-bond acceptors (Lipinski definition) is 6. The summed E-state index contributed by atoms with van der Waals surface area (Å²) in [6.45, 7) is 1.29. The number of rotatable bonds is 10. The highest BCUT2D eigenvalue weighted by molar-refractivity contribution is 7.89. The lowest BCUT2D eigenvalue weighted by Crippen LogP contribution is -2.27. The Morgan fingerprint density at radius 1 is 1.04 bits per heavy atom. The molecule has 4 N–H and O–H groups in total. The number of nitrogens with one attached hydrogen (secondary N) is 2. The average molecular weight is 430 g/mol. The van der Waals surface area contributed by atoms with E-state index in [2.05, 4.69) is 10.0 Å². The van der Waals surface area contributed by atoms with Crippen LogP contribution in [0.3, 0.4) is 0 Å². The predicted molar refractivity (Wildman–Crippen MR) is 110 cm³/mol. The standard InChI is InChI=1S/C18H23N3O5S.ClH/c1-25-13-11-20-27(23,24)17-8-2-14(3-9-17)18(22)21-15-4-6-16(7-5-15)26-12-10-19;/h2-9,20H,10-13,19H2,1H3,(H,21,22);1H. The summed E-state index contributed by atoms with van der Waals surface area (Å²) in [6, 6.07) is 12.6. The summed E-state index contributed by atoms with van der Waals surface area (Å²) < 4.78 is 36.8. The number of ether oxygens (including phenoxy) is 2. The third kappa shape index (κ3) is 7.10. The third-order valence-corrected chi connectivity index (χ3v) is 5.00. The SMILES string of the molecule is COCCNS(=O)(=O)c1ccc(C(=O)Nc2ccc(OCCN)cc2)cc1.Cl. The maximum absolute atomic E-state index is 12.3. The Kier molecular flexibility index (Phi) is 9.91. The molecule has 0 atom stereocenters. The van der Waals surface area contributed by atoms with Gasteiger partial charge in [-0.25, -0.2) is 13.1 Å². The summed E-state index contributed by atoms with van der Waals surface area (Å²) in [4.78, 5) is 12.4. The quantitative estimate of drug-likeness (QED) is 0.494. The van der Waals surface area contributed by atoms with Gasteiger partial charge in [0.15, 0.2) is 0 Å². The second-order valence-electron chi connectivity index (χ2n) is 5.53. The van der Waals surface area contributed by atoms with E-state index in [-0.39, 0.29) is 36.4 Å². The molecule has 0 unspecified atom stereocenters. The third-order valence-electron chi connectivity index (χ3n) is 3.52. The van der Waals surface area contributed by atoms with Crippen LogP contribution < -0.4 is 20.5 Å². The Bertz CT molecular complexity index is 843. The number of carbonyl (C=O) groups excluding carboxylic acids is 1. The van der Waals surface area contributed by atoms with Crippen LogP contribution >= 0.6 is 12.4 Å². The zero-order valence-electron chi connectivity index (χ0n) is 15.4. The fourth-order valence-corrected chi connectivity index (χ4v) is 3.17. The van der Waals surface area contributed by atoms with Gasteiger partial charge < -0.3 is 20.5 Å². The zero-order valence-corrected chi connectivity index (χ0v) is 17.0. The smallest absolute Gasteiger partial charge is 0.255 e. The number of carbonyl (C=O) groups is 1. The van der Waals surface area contributed by atoms with Crippen molar-refractivity contribution in [1.82, 2.24) is 4.72 Å². The lowest BCUT2D eigenvalue weighted by molar-refractivity contribution is 0.102. The molecule has 2 rings (SSSR count). The predicted octanol–water partition coefficient (Wildman–Crippen LogP) is 1.62. The second-order valence-corrected chi connectivity index (χ2v) is 7.30. The largest absolute Gasteiger partial charge is 0.492 e. The lowest BCUT2D eigenvalue weighted by atomic mass is 10.2. The van der Waals surface area contributed by atoms with Crippen molar-refractivity contribution in [2.45, 2.75) is 4.90 Å². The molecule has 2 aromatic rings. The van der Waals surface area contributed by atoms with E-state index in [0.29, 0.717) is 30.2 Å². The number of anilines is 1. The Labute approximate surface area is 170 Å². The minimum Gasteiger partial charge on any atom is -0.492 e. The van der Waals surface area contributed by atoms with Crippen LogP contribution in [0.1, 0.15) is 10.4 Å². The molecular weight excluding hydrogens is 406 g/mol. The van der Waals surface area contributed by atoms with Crippen LogP contribution in [0.4, 0.5) is 5.69 Å². The number of benzene rings is 2. The zero-order chi connectivity index (χ0) is 19.7. The lowest BCUT2D eigenvalue weighted by Gasteiger charge is -2.09. The Balaban J connectivity index is 0.00000392. The molecule has 8 nitrogen and oxygen atoms in total. The molecule has 154 valence electrons. The van der Waals surface area contributed by atoms with Gasteiger partial charge in [-0.1, -0.05) is 0 Å². The van der Waals surface area contributed by atoms with Crippen LogP contribution in [0.5, 0.6) is 5.75 Å². The van der Waals surface area contributed by atoms with Crippen LogP contribution in [0, 0.1) is 0 Å². The molecule has 0 bridgehead atoms. The van der Waals surface area contributed by atoms with Gasteiger partial charge in [-0.15, -0.1) is 12.4 Å². The molecule has 28 heavy (non-hydrogen) atoms. The number of hydrogen-bond donors (Lipinski definition) is 3. The Hall–Kier alpha value is -2.17. The summed E-state index contributed by atoms with van der Waals surface area (Å²) in [5.74, 6) is 0.316. The van der Waals surface area contributed by atoms with Crippen LogP contribution in [0.25, 0.3) is 0 Å². The first-order valence-corrected chi connectivity index (χ1v) is 9.77. The summed E-state index contributed by atoms with van der Waals surface area (Å²) >= 11 is 0. The molecule has 0 aliphatic carbocycles. The van der Waals surface area contributed by atoms with Gasteiger partial charge in [-0.2, -0.15) is 0 Å². The molecule has 0 spiro atoms. The molecule has 0 radical (unpaired) electrons. The molecule has 2 aromatic carbocycles. The first kappa shape index (κ1) is 23.9. The van der Waals surface area contributed by atoms with Crippen molar-refractivity contribution in [2.75, 3.05) is 38.7 Å². The maximum Gasteiger partial charge on any atom is 0.255 e. The van der Waals surface area contributed by atoms with Gasteiger partial charge in [0, 0.05) is 31.5 Å². The minimum atomic E-state index is -3.63. The molecule has 0 fully saturated rings. The number of halogens is 1. The first-order chi connectivity index (χ1) is 13.0. The van der Waals surface area contributed by atoms with Crippen molar-refractivity contribution in [1.29, 1.82) is 0 Å². The van der Waals surface area contributed by atoms with Crippen molar-refractivity contribution < 1.29 is 22.7 Å². The normalized spacial score (nSPS) is 10.8. The van der Waals surface area contributed by atoms with Crippen molar-refractivity contribution in [3.05, 3.63) is 54.1 Å². The van der Waals surface area contributed by atoms with Crippen molar-refractivity contribution >= 4 is 34.0 Å². The maximum atomic E-state index is 12.3. The van der Waals surface area contributed by atoms with E-state index < -0.39 is 10.0 Å². The van der Waals surface area contributed by atoms with E-state index in [1.54, 1.807) is 24.3 Å². The number of methoxy groups -OCH3 is 1. The van der Waals surface area contributed by atoms with Gasteiger partial charge >= 0.3 is 0 Å². The minimum absolute atomic E-state index is 0. The second kappa shape index (κ2) is 11.6. The molecular formula is C18H24ClN3O5S. The average Bonchev–Trinajstić information content (AvgIpc) is 2.67. The summed E-state index contributed by atoms with van der Waals surface area (Å²) in [6.07, 6.45) is 0. The molecule has 0 heterocycles. The number of amides is 1. The van der Waals surface area contributed by atoms with Crippen LogP contribution in [0.2, 0.25) is 0 Å². The summed E-state index contributed by atoms with van der Waals surface area (Å²) in [5.41, 5.74) is 6.31. The highest BCUT2D eigenvalue weighted by Gasteiger charge is 2.14. The summed E-state index contributed by atoms with van der Waals surface area (Å²) in [7, 11) is -2.14. The van der Waals surface area contributed by atoms with E-state index >= 15 is 0 Å². The van der Waals surface area contributed by atoms with Crippen LogP contribution in [0.15, 0.2) is 53.4 Å². The first-order valence-electron chi connectivity index (χ1n) is 8.29. The topological polar surface area (TPSA) is 120 Å². The monoisotopic (exact) mass is 429 g/mol. The molecule has 0 aliphatic heterocycles. The van der Waals surface area contributed by atoms with E-state index in [1.165, 1.54) is 31.4 Å². The van der Waals surface area contributed by atoms with Gasteiger partial charge in [0.1, 0.15) is 12.4 Å². The van der Waals surface area contributed by atoms with E-state index in [0.717, 1.165) is 0 Å². The molecule has 0 saturated carbocycles. The molecule has 0 saturated heterocycles. The molecule has 10 heteroatoms. The molecule has 0 aromatic heterocycles. The van der Waals surface area contributed by atoms with Gasteiger partial charge in [-0.05, 0) is 48.5 Å². The summed E-state index contributed by atoms with van der Waals surface area (Å²) in [5, 5.41) is 2.74. The van der Waals surface area contributed by atoms with Gasteiger partial charge in [-0.3, -0.25) is 4.79 Å². The Morgan fingerprint density at radius 3 is 2.25 bits per heavy atom. The molecule has 0 aliphatic rings. The highest BCUT2D eigenvalue weighted by Crippen LogP contribution is 2.17. The fourth-order valence-electron chi connectivity index (χ4n) is 2.16. The van der Waals surface area contributed by atoms with Crippen molar-refractivity contribution in [2.24, 2.45) is 5.73 Å². The fraction of sp³-hybridized carbons (Fsp3) is 0.278. The molecule has 1 amide bonds. The van der Waals surface area contributed by atoms with E-state index in [1.807, 2.05) is 0 Å². The van der Waals surface area contributed by atoms with E-state index in [9.17, 15) is 13.2 Å².